The first-order valence-electron chi connectivity index (χ1n) is 5.22. The summed E-state index contributed by atoms with van der Waals surface area (Å²) in [5.41, 5.74) is 5.60. The van der Waals surface area contributed by atoms with Gasteiger partial charge in [0.15, 0.2) is 0 Å². The van der Waals surface area contributed by atoms with Crippen LogP contribution in [0.1, 0.15) is 19.4 Å². The number of ether oxygens (including phenoxy) is 1. The molecule has 0 radical (unpaired) electrons. The third kappa shape index (κ3) is 3.53. The number of hydrogen-bond donors (Lipinski definition) is 2. The number of para-hydroxylation sites is 1. The zero-order valence-electron chi connectivity index (χ0n) is 9.36. The molecule has 1 aromatic rings. The summed E-state index contributed by atoms with van der Waals surface area (Å²) in [6.07, 6.45) is 0.918. The molecule has 1 unspecified atom stereocenters. The largest absolute Gasteiger partial charge is 0.490 e. The van der Waals surface area contributed by atoms with Crippen molar-refractivity contribution in [3.63, 3.8) is 0 Å². The van der Waals surface area contributed by atoms with Gasteiger partial charge < -0.3 is 15.6 Å². The second kappa shape index (κ2) is 5.14. The molecule has 1 rings (SSSR count). The van der Waals surface area contributed by atoms with E-state index in [-0.39, 0.29) is 13.2 Å². The lowest BCUT2D eigenvalue weighted by molar-refractivity contribution is 0.0193. The van der Waals surface area contributed by atoms with Gasteiger partial charge in [0.25, 0.3) is 0 Å². The van der Waals surface area contributed by atoms with Crippen LogP contribution in [0.15, 0.2) is 24.3 Å². The van der Waals surface area contributed by atoms with Crippen LogP contribution in [0.5, 0.6) is 5.75 Å². The lowest BCUT2D eigenvalue weighted by atomic mass is 10.1. The molecular weight excluding hydrogens is 190 g/mol. The van der Waals surface area contributed by atoms with Gasteiger partial charge in [-0.05, 0) is 25.0 Å². The van der Waals surface area contributed by atoms with Gasteiger partial charge in [-0.15, -0.1) is 0 Å². The number of aryl methyl sites for hydroxylation is 1. The minimum atomic E-state index is -0.957. The van der Waals surface area contributed by atoms with Crippen LogP contribution in [0.4, 0.5) is 0 Å². The standard InChI is InChI=1S/C12H19NO2/c1-3-10-6-4-5-7-11(10)15-9-12(2,14)8-13/h4-7,14H,3,8-9,13H2,1-2H3. The lowest BCUT2D eigenvalue weighted by Gasteiger charge is -2.22. The summed E-state index contributed by atoms with van der Waals surface area (Å²) < 4.78 is 5.55. The van der Waals surface area contributed by atoms with E-state index in [2.05, 4.69) is 6.92 Å². The average Bonchev–Trinajstić information content (AvgIpc) is 2.27. The molecule has 0 spiro atoms. The molecular formula is C12H19NO2. The summed E-state index contributed by atoms with van der Waals surface area (Å²) in [7, 11) is 0. The third-order valence-corrected chi connectivity index (χ3v) is 2.33. The van der Waals surface area contributed by atoms with E-state index in [0.717, 1.165) is 17.7 Å². The quantitative estimate of drug-likeness (QED) is 0.769. The molecule has 0 aromatic heterocycles. The first-order valence-corrected chi connectivity index (χ1v) is 5.22. The Labute approximate surface area is 90.9 Å². The van der Waals surface area contributed by atoms with Crippen molar-refractivity contribution >= 4 is 0 Å². The molecule has 0 amide bonds. The van der Waals surface area contributed by atoms with Gasteiger partial charge in [0, 0.05) is 6.54 Å². The van der Waals surface area contributed by atoms with Crippen molar-refractivity contribution in [1.82, 2.24) is 0 Å². The fourth-order valence-corrected chi connectivity index (χ4v) is 1.23. The van der Waals surface area contributed by atoms with Crippen LogP contribution < -0.4 is 10.5 Å². The van der Waals surface area contributed by atoms with Crippen LogP contribution in [0.2, 0.25) is 0 Å². The van der Waals surface area contributed by atoms with Gasteiger partial charge in [-0.2, -0.15) is 0 Å². The van der Waals surface area contributed by atoms with Gasteiger partial charge in [-0.25, -0.2) is 0 Å². The van der Waals surface area contributed by atoms with Crippen LogP contribution in [0.3, 0.4) is 0 Å². The van der Waals surface area contributed by atoms with E-state index in [1.165, 1.54) is 0 Å². The molecule has 0 aliphatic rings. The molecule has 84 valence electrons. The molecule has 0 fully saturated rings. The molecule has 3 nitrogen and oxygen atoms in total. The van der Waals surface area contributed by atoms with Crippen molar-refractivity contribution in [2.24, 2.45) is 5.73 Å². The zero-order chi connectivity index (χ0) is 11.3. The summed E-state index contributed by atoms with van der Waals surface area (Å²) in [4.78, 5) is 0. The topological polar surface area (TPSA) is 55.5 Å². The molecule has 0 bridgehead atoms. The number of rotatable bonds is 5. The van der Waals surface area contributed by atoms with Gasteiger partial charge in [0.2, 0.25) is 0 Å². The Balaban J connectivity index is 2.65. The van der Waals surface area contributed by atoms with E-state index < -0.39 is 5.60 Å². The zero-order valence-corrected chi connectivity index (χ0v) is 9.36. The van der Waals surface area contributed by atoms with E-state index in [0.29, 0.717) is 0 Å². The number of aliphatic hydroxyl groups is 1. The first kappa shape index (κ1) is 12.0. The minimum Gasteiger partial charge on any atom is -0.490 e. The van der Waals surface area contributed by atoms with Gasteiger partial charge in [0.05, 0.1) is 0 Å². The molecule has 15 heavy (non-hydrogen) atoms. The summed E-state index contributed by atoms with van der Waals surface area (Å²) in [6.45, 7) is 4.16. The highest BCUT2D eigenvalue weighted by Gasteiger charge is 2.19. The Kier molecular flexibility index (Phi) is 4.12. The third-order valence-electron chi connectivity index (χ3n) is 2.33. The van der Waals surface area contributed by atoms with Crippen LogP contribution in [0, 0.1) is 0 Å². The predicted molar refractivity (Wildman–Crippen MR) is 61.0 cm³/mol. The van der Waals surface area contributed by atoms with Crippen molar-refractivity contribution in [1.29, 1.82) is 0 Å². The SMILES string of the molecule is CCc1ccccc1OCC(C)(O)CN. The van der Waals surface area contributed by atoms with Crippen molar-refractivity contribution in [2.75, 3.05) is 13.2 Å². The van der Waals surface area contributed by atoms with Crippen LogP contribution in [-0.2, 0) is 6.42 Å². The normalized spacial score (nSPS) is 14.7. The van der Waals surface area contributed by atoms with Gasteiger partial charge in [-0.1, -0.05) is 25.1 Å². The molecule has 1 atom stereocenters. The van der Waals surface area contributed by atoms with Crippen LogP contribution in [-0.4, -0.2) is 23.9 Å². The molecule has 0 saturated carbocycles. The lowest BCUT2D eigenvalue weighted by Crippen LogP contribution is -2.40. The smallest absolute Gasteiger partial charge is 0.122 e. The highest BCUT2D eigenvalue weighted by molar-refractivity contribution is 5.33. The van der Waals surface area contributed by atoms with Crippen molar-refractivity contribution in [3.8, 4) is 5.75 Å². The van der Waals surface area contributed by atoms with Crippen LogP contribution in [0.25, 0.3) is 0 Å². The second-order valence-electron chi connectivity index (χ2n) is 3.95. The predicted octanol–water partition coefficient (Wildman–Crippen LogP) is 1.34. The Bertz CT molecular complexity index is 310. The van der Waals surface area contributed by atoms with E-state index in [1.807, 2.05) is 24.3 Å². The maximum Gasteiger partial charge on any atom is 0.122 e. The number of nitrogens with two attached hydrogens (primary N) is 1. The Morgan fingerprint density at radius 2 is 2.07 bits per heavy atom. The highest BCUT2D eigenvalue weighted by Crippen LogP contribution is 2.19. The van der Waals surface area contributed by atoms with Gasteiger partial charge in [-0.3, -0.25) is 0 Å². The van der Waals surface area contributed by atoms with E-state index in [1.54, 1.807) is 6.92 Å². The molecule has 3 heteroatoms. The van der Waals surface area contributed by atoms with Gasteiger partial charge >= 0.3 is 0 Å². The van der Waals surface area contributed by atoms with E-state index in [4.69, 9.17) is 10.5 Å². The van der Waals surface area contributed by atoms with Crippen LogP contribution >= 0.6 is 0 Å². The summed E-state index contributed by atoms with van der Waals surface area (Å²) >= 11 is 0. The molecule has 0 aliphatic heterocycles. The van der Waals surface area contributed by atoms with Crippen molar-refractivity contribution < 1.29 is 9.84 Å². The average molecular weight is 209 g/mol. The molecule has 0 saturated heterocycles. The summed E-state index contributed by atoms with van der Waals surface area (Å²) in [5.74, 6) is 0.828. The Hall–Kier alpha value is -1.06. The maximum atomic E-state index is 9.70. The Morgan fingerprint density at radius 3 is 2.67 bits per heavy atom. The van der Waals surface area contributed by atoms with E-state index in [9.17, 15) is 5.11 Å². The first-order chi connectivity index (χ1) is 7.09. The fraction of sp³-hybridized carbons (Fsp3) is 0.500. The molecule has 0 aliphatic carbocycles. The monoisotopic (exact) mass is 209 g/mol. The highest BCUT2D eigenvalue weighted by atomic mass is 16.5. The Morgan fingerprint density at radius 1 is 1.40 bits per heavy atom. The maximum absolute atomic E-state index is 9.70. The van der Waals surface area contributed by atoms with E-state index >= 15 is 0 Å². The molecule has 0 heterocycles. The number of benzene rings is 1. The minimum absolute atomic E-state index is 0.196. The summed E-state index contributed by atoms with van der Waals surface area (Å²) in [6, 6.07) is 7.83. The molecule has 1 aromatic carbocycles. The summed E-state index contributed by atoms with van der Waals surface area (Å²) in [5, 5.41) is 9.70. The fourth-order valence-electron chi connectivity index (χ4n) is 1.23. The number of hydrogen-bond acceptors (Lipinski definition) is 3. The molecule has 3 N–H and O–H groups in total. The van der Waals surface area contributed by atoms with Crippen molar-refractivity contribution in [3.05, 3.63) is 29.8 Å². The second-order valence-corrected chi connectivity index (χ2v) is 3.95. The van der Waals surface area contributed by atoms with Gasteiger partial charge in [0.1, 0.15) is 18.0 Å². The van der Waals surface area contributed by atoms with Crippen molar-refractivity contribution in [2.45, 2.75) is 25.9 Å².